The fraction of sp³-hybridized carbons (Fsp3) is 0.615. The highest BCUT2D eigenvalue weighted by Gasteiger charge is 2.23. The predicted octanol–water partition coefficient (Wildman–Crippen LogP) is 2.05. The second-order valence-electron chi connectivity index (χ2n) is 4.68. The standard InChI is InChI=1S/C13H20N2OS/c1-4-11-9(2)7-12(17-11)13(16)15-6-5-14-10(3)8-15/h7,10,14H,4-6,8H2,1-3H3. The van der Waals surface area contributed by atoms with Gasteiger partial charge in [-0.3, -0.25) is 4.79 Å². The van der Waals surface area contributed by atoms with Gasteiger partial charge < -0.3 is 10.2 Å². The van der Waals surface area contributed by atoms with Gasteiger partial charge in [0.15, 0.2) is 0 Å². The molecule has 1 atom stereocenters. The van der Waals surface area contributed by atoms with E-state index >= 15 is 0 Å². The summed E-state index contributed by atoms with van der Waals surface area (Å²) in [5.74, 6) is 0.200. The molecule has 0 spiro atoms. The van der Waals surface area contributed by atoms with Crippen LogP contribution in [0.1, 0.15) is 34.0 Å². The third-order valence-electron chi connectivity index (χ3n) is 3.21. The van der Waals surface area contributed by atoms with Crippen LogP contribution in [0.5, 0.6) is 0 Å². The molecule has 0 aromatic carbocycles. The van der Waals surface area contributed by atoms with Crippen molar-refractivity contribution in [3.63, 3.8) is 0 Å². The maximum atomic E-state index is 12.3. The third kappa shape index (κ3) is 2.69. The Bertz CT molecular complexity index is 414. The smallest absolute Gasteiger partial charge is 0.264 e. The van der Waals surface area contributed by atoms with Gasteiger partial charge in [-0.1, -0.05) is 6.92 Å². The molecule has 1 fully saturated rings. The van der Waals surface area contributed by atoms with Crippen LogP contribution in [0.15, 0.2) is 6.07 Å². The van der Waals surface area contributed by atoms with Crippen LogP contribution in [-0.2, 0) is 6.42 Å². The highest BCUT2D eigenvalue weighted by molar-refractivity contribution is 7.14. The van der Waals surface area contributed by atoms with Crippen molar-refractivity contribution in [3.8, 4) is 0 Å². The van der Waals surface area contributed by atoms with E-state index in [2.05, 4.69) is 26.1 Å². The number of hydrogen-bond donors (Lipinski definition) is 1. The molecule has 1 saturated heterocycles. The summed E-state index contributed by atoms with van der Waals surface area (Å²) < 4.78 is 0. The van der Waals surface area contributed by atoms with E-state index in [4.69, 9.17) is 0 Å². The molecule has 17 heavy (non-hydrogen) atoms. The van der Waals surface area contributed by atoms with Gasteiger partial charge in [-0.25, -0.2) is 0 Å². The summed E-state index contributed by atoms with van der Waals surface area (Å²) in [7, 11) is 0. The number of carbonyl (C=O) groups is 1. The number of amides is 1. The summed E-state index contributed by atoms with van der Waals surface area (Å²) in [6.45, 7) is 8.89. The molecule has 1 aliphatic rings. The summed E-state index contributed by atoms with van der Waals surface area (Å²) in [6, 6.07) is 2.44. The Morgan fingerprint density at radius 3 is 3.00 bits per heavy atom. The zero-order valence-corrected chi connectivity index (χ0v) is 11.6. The van der Waals surface area contributed by atoms with Crippen molar-refractivity contribution in [2.75, 3.05) is 19.6 Å². The first-order chi connectivity index (χ1) is 8.11. The molecule has 1 N–H and O–H groups in total. The van der Waals surface area contributed by atoms with Crippen molar-refractivity contribution in [1.29, 1.82) is 0 Å². The monoisotopic (exact) mass is 252 g/mol. The molecule has 1 unspecified atom stereocenters. The Kier molecular flexibility index (Phi) is 3.84. The van der Waals surface area contributed by atoms with E-state index in [1.807, 2.05) is 11.0 Å². The Morgan fingerprint density at radius 2 is 2.41 bits per heavy atom. The Labute approximate surface area is 107 Å². The maximum absolute atomic E-state index is 12.3. The second kappa shape index (κ2) is 5.19. The van der Waals surface area contributed by atoms with Crippen LogP contribution in [0.3, 0.4) is 0 Å². The molecular formula is C13H20N2OS. The molecule has 1 aromatic heterocycles. The van der Waals surface area contributed by atoms with Gasteiger partial charge in [-0.05, 0) is 31.9 Å². The Hall–Kier alpha value is -0.870. The number of aryl methyl sites for hydroxylation is 2. The van der Waals surface area contributed by atoms with Crippen molar-refractivity contribution in [2.24, 2.45) is 0 Å². The average Bonchev–Trinajstić information content (AvgIpc) is 2.69. The number of thiophene rings is 1. The SMILES string of the molecule is CCc1sc(C(=O)N2CCNC(C)C2)cc1C. The van der Waals surface area contributed by atoms with Gasteiger partial charge in [-0.2, -0.15) is 0 Å². The molecule has 2 heterocycles. The average molecular weight is 252 g/mol. The quantitative estimate of drug-likeness (QED) is 0.873. The summed E-state index contributed by atoms with van der Waals surface area (Å²) in [4.78, 5) is 16.5. The van der Waals surface area contributed by atoms with E-state index in [1.165, 1.54) is 10.4 Å². The molecule has 0 bridgehead atoms. The highest BCUT2D eigenvalue weighted by Crippen LogP contribution is 2.24. The highest BCUT2D eigenvalue weighted by atomic mass is 32.1. The normalized spacial score (nSPS) is 20.6. The lowest BCUT2D eigenvalue weighted by atomic mass is 10.2. The van der Waals surface area contributed by atoms with Gasteiger partial charge in [0.25, 0.3) is 5.91 Å². The molecule has 1 amide bonds. The molecule has 1 aromatic rings. The van der Waals surface area contributed by atoms with Crippen molar-refractivity contribution in [2.45, 2.75) is 33.2 Å². The first-order valence-corrected chi connectivity index (χ1v) is 7.05. The molecule has 0 saturated carbocycles. The van der Waals surface area contributed by atoms with Crippen LogP contribution in [0.4, 0.5) is 0 Å². The molecule has 3 nitrogen and oxygen atoms in total. The predicted molar refractivity (Wildman–Crippen MR) is 71.8 cm³/mol. The first kappa shape index (κ1) is 12.6. The maximum Gasteiger partial charge on any atom is 0.264 e. The minimum absolute atomic E-state index is 0.200. The second-order valence-corrected chi connectivity index (χ2v) is 5.81. The van der Waals surface area contributed by atoms with E-state index in [9.17, 15) is 4.79 Å². The van der Waals surface area contributed by atoms with Crippen LogP contribution in [-0.4, -0.2) is 36.5 Å². The molecule has 94 valence electrons. The van der Waals surface area contributed by atoms with Gasteiger partial charge in [0, 0.05) is 30.6 Å². The summed E-state index contributed by atoms with van der Waals surface area (Å²) >= 11 is 1.65. The molecular weight excluding hydrogens is 232 g/mol. The number of nitrogens with zero attached hydrogens (tertiary/aromatic N) is 1. The van der Waals surface area contributed by atoms with Gasteiger partial charge in [-0.15, -0.1) is 11.3 Å². The summed E-state index contributed by atoms with van der Waals surface area (Å²) in [5.41, 5.74) is 1.25. The summed E-state index contributed by atoms with van der Waals surface area (Å²) in [5, 5.41) is 3.36. The number of carbonyl (C=O) groups excluding carboxylic acids is 1. The minimum Gasteiger partial charge on any atom is -0.335 e. The van der Waals surface area contributed by atoms with Gasteiger partial charge >= 0.3 is 0 Å². The molecule has 4 heteroatoms. The zero-order valence-electron chi connectivity index (χ0n) is 10.7. The van der Waals surface area contributed by atoms with Crippen LogP contribution < -0.4 is 5.32 Å². The van der Waals surface area contributed by atoms with Gasteiger partial charge in [0.1, 0.15) is 0 Å². The van der Waals surface area contributed by atoms with E-state index in [1.54, 1.807) is 11.3 Å². The fourth-order valence-corrected chi connectivity index (χ4v) is 3.33. The lowest BCUT2D eigenvalue weighted by Crippen LogP contribution is -2.51. The van der Waals surface area contributed by atoms with Crippen molar-refractivity contribution >= 4 is 17.2 Å². The largest absolute Gasteiger partial charge is 0.335 e. The van der Waals surface area contributed by atoms with Crippen LogP contribution in [0, 0.1) is 6.92 Å². The Balaban J connectivity index is 2.13. The van der Waals surface area contributed by atoms with E-state index in [0.717, 1.165) is 30.9 Å². The topological polar surface area (TPSA) is 32.3 Å². The van der Waals surface area contributed by atoms with E-state index in [-0.39, 0.29) is 5.91 Å². The van der Waals surface area contributed by atoms with Crippen molar-refractivity contribution in [1.82, 2.24) is 10.2 Å². The minimum atomic E-state index is 0.200. The Morgan fingerprint density at radius 1 is 1.65 bits per heavy atom. The first-order valence-electron chi connectivity index (χ1n) is 6.23. The molecule has 0 aliphatic carbocycles. The zero-order chi connectivity index (χ0) is 12.4. The van der Waals surface area contributed by atoms with E-state index < -0.39 is 0 Å². The number of piperazine rings is 1. The number of nitrogens with one attached hydrogen (secondary N) is 1. The van der Waals surface area contributed by atoms with Crippen LogP contribution >= 0.6 is 11.3 Å². The lowest BCUT2D eigenvalue weighted by Gasteiger charge is -2.31. The number of hydrogen-bond acceptors (Lipinski definition) is 3. The lowest BCUT2D eigenvalue weighted by molar-refractivity contribution is 0.0714. The molecule has 2 rings (SSSR count). The van der Waals surface area contributed by atoms with Crippen molar-refractivity contribution in [3.05, 3.63) is 21.4 Å². The van der Waals surface area contributed by atoms with Crippen LogP contribution in [0.25, 0.3) is 0 Å². The third-order valence-corrected chi connectivity index (χ3v) is 4.58. The van der Waals surface area contributed by atoms with Gasteiger partial charge in [0.05, 0.1) is 4.88 Å². The van der Waals surface area contributed by atoms with Crippen molar-refractivity contribution < 1.29 is 4.79 Å². The molecule has 1 aliphatic heterocycles. The van der Waals surface area contributed by atoms with Crippen LogP contribution in [0.2, 0.25) is 0 Å². The molecule has 0 radical (unpaired) electrons. The van der Waals surface area contributed by atoms with Gasteiger partial charge in [0.2, 0.25) is 0 Å². The number of rotatable bonds is 2. The fourth-order valence-electron chi connectivity index (χ4n) is 2.25. The van der Waals surface area contributed by atoms with E-state index in [0.29, 0.717) is 6.04 Å². The summed E-state index contributed by atoms with van der Waals surface area (Å²) in [6.07, 6.45) is 1.02.